The van der Waals surface area contributed by atoms with Gasteiger partial charge in [-0.3, -0.25) is 14.4 Å². The Labute approximate surface area is 227 Å². The van der Waals surface area contributed by atoms with Crippen molar-refractivity contribution in [3.8, 4) is 0 Å². The number of hydroxylamine groups is 1. The van der Waals surface area contributed by atoms with Gasteiger partial charge in [0.25, 0.3) is 5.91 Å². The highest BCUT2D eigenvalue weighted by atomic mass is 35.5. The third-order valence-electron chi connectivity index (χ3n) is 7.15. The number of esters is 1. The second-order valence-corrected chi connectivity index (χ2v) is 11.1. The van der Waals surface area contributed by atoms with Gasteiger partial charge in [-0.05, 0) is 61.1 Å². The number of methoxy groups -OCH3 is 1. The number of thiophene rings is 1. The van der Waals surface area contributed by atoms with E-state index in [4.69, 9.17) is 32.8 Å². The van der Waals surface area contributed by atoms with E-state index in [1.165, 1.54) is 18.4 Å². The number of aryl methyl sites for hydroxylation is 1. The molecule has 3 aromatic rings. The lowest BCUT2D eigenvalue weighted by Gasteiger charge is -2.29. The van der Waals surface area contributed by atoms with Crippen molar-refractivity contribution in [3.63, 3.8) is 0 Å². The van der Waals surface area contributed by atoms with Crippen molar-refractivity contribution in [1.29, 1.82) is 0 Å². The number of anilines is 2. The van der Waals surface area contributed by atoms with Gasteiger partial charge in [0.1, 0.15) is 10.9 Å². The summed E-state index contributed by atoms with van der Waals surface area (Å²) in [7, 11) is 1.31. The Morgan fingerprint density at radius 2 is 1.81 bits per heavy atom. The van der Waals surface area contributed by atoms with Crippen molar-refractivity contribution < 1.29 is 24.0 Å². The topological polar surface area (TPSA) is 76.2 Å². The molecule has 6 rings (SSSR count). The first-order chi connectivity index (χ1) is 17.9. The number of halogens is 2. The summed E-state index contributed by atoms with van der Waals surface area (Å²) in [6.07, 6.45) is 2.36. The largest absolute Gasteiger partial charge is 0.465 e. The number of benzene rings is 2. The number of carbonyl (C=O) groups excluding carboxylic acids is 3. The fourth-order valence-electron chi connectivity index (χ4n) is 5.49. The van der Waals surface area contributed by atoms with Gasteiger partial charge in [0.15, 0.2) is 6.10 Å². The number of imide groups is 1. The molecule has 0 spiro atoms. The molecule has 37 heavy (non-hydrogen) atoms. The summed E-state index contributed by atoms with van der Waals surface area (Å²) >= 11 is 14.1. The Morgan fingerprint density at radius 3 is 2.54 bits per heavy atom. The molecule has 1 aromatic heterocycles. The molecular formula is C27H22Cl2N2O5S. The van der Waals surface area contributed by atoms with Crippen molar-refractivity contribution in [2.45, 2.75) is 37.8 Å². The van der Waals surface area contributed by atoms with Gasteiger partial charge in [0, 0.05) is 14.9 Å². The molecule has 0 radical (unpaired) electrons. The smallest absolute Gasteiger partial charge is 0.341 e. The molecule has 3 heterocycles. The zero-order valence-electron chi connectivity index (χ0n) is 19.8. The summed E-state index contributed by atoms with van der Waals surface area (Å²) < 4.78 is 5.07. The average molecular weight is 557 g/mol. The molecule has 0 saturated carbocycles. The van der Waals surface area contributed by atoms with E-state index in [0.717, 1.165) is 34.6 Å². The second-order valence-electron chi connectivity index (χ2n) is 9.22. The molecule has 1 aliphatic carbocycles. The molecule has 10 heteroatoms. The Balaban J connectivity index is 1.47. The predicted molar refractivity (Wildman–Crippen MR) is 141 cm³/mol. The number of fused-ring (bicyclic) bond motifs is 2. The van der Waals surface area contributed by atoms with Crippen molar-refractivity contribution in [3.05, 3.63) is 80.1 Å². The Bertz CT molecular complexity index is 1430. The fraction of sp³-hybridized carbons (Fsp3) is 0.296. The first kappa shape index (κ1) is 24.4. The van der Waals surface area contributed by atoms with Crippen molar-refractivity contribution in [2.24, 2.45) is 5.92 Å². The summed E-state index contributed by atoms with van der Waals surface area (Å²) in [4.78, 5) is 49.1. The fourth-order valence-corrected chi connectivity index (χ4v) is 7.40. The molecule has 3 aliphatic rings. The second kappa shape index (κ2) is 9.44. The lowest BCUT2D eigenvalue weighted by molar-refractivity contribution is -0.126. The van der Waals surface area contributed by atoms with E-state index in [2.05, 4.69) is 0 Å². The molecule has 2 amide bonds. The first-order valence-corrected chi connectivity index (χ1v) is 13.5. The van der Waals surface area contributed by atoms with Crippen LogP contribution >= 0.6 is 34.5 Å². The van der Waals surface area contributed by atoms with Crippen LogP contribution in [0, 0.1) is 5.92 Å². The Kier molecular flexibility index (Phi) is 6.23. The van der Waals surface area contributed by atoms with Crippen LogP contribution in [-0.2, 0) is 32.0 Å². The normalized spacial score (nSPS) is 22.8. The SMILES string of the molecule is COC(=O)c1c(N2C(=O)[C@@H]3[C@H](ON(c4ccccc4)[C@@H]3c3ccc(Cl)cc3Cl)C2=O)sc2c1CCCC2. The van der Waals surface area contributed by atoms with Crippen LogP contribution in [0.25, 0.3) is 0 Å². The van der Waals surface area contributed by atoms with Gasteiger partial charge in [-0.1, -0.05) is 47.5 Å². The molecule has 0 bridgehead atoms. The lowest BCUT2D eigenvalue weighted by atomic mass is 9.90. The van der Waals surface area contributed by atoms with Crippen LogP contribution in [0.2, 0.25) is 10.0 Å². The lowest BCUT2D eigenvalue weighted by Crippen LogP contribution is -2.37. The molecule has 2 aliphatic heterocycles. The zero-order chi connectivity index (χ0) is 25.8. The molecule has 2 aromatic carbocycles. The Hall–Kier alpha value is -2.91. The van der Waals surface area contributed by atoms with E-state index in [9.17, 15) is 14.4 Å². The first-order valence-electron chi connectivity index (χ1n) is 12.0. The highest BCUT2D eigenvalue weighted by molar-refractivity contribution is 7.17. The molecule has 0 unspecified atom stereocenters. The maximum Gasteiger partial charge on any atom is 0.341 e. The van der Waals surface area contributed by atoms with E-state index in [-0.39, 0.29) is 0 Å². The van der Waals surface area contributed by atoms with E-state index in [1.807, 2.05) is 30.3 Å². The predicted octanol–water partition coefficient (Wildman–Crippen LogP) is 5.77. The number of amides is 2. The number of carbonyl (C=O) groups is 3. The summed E-state index contributed by atoms with van der Waals surface area (Å²) in [6, 6.07) is 13.6. The molecule has 0 N–H and O–H groups in total. The van der Waals surface area contributed by atoms with Gasteiger partial charge in [-0.15, -0.1) is 11.3 Å². The van der Waals surface area contributed by atoms with E-state index < -0.39 is 35.8 Å². The minimum absolute atomic E-state index is 0.310. The maximum absolute atomic E-state index is 14.1. The van der Waals surface area contributed by atoms with E-state index in [0.29, 0.717) is 38.3 Å². The van der Waals surface area contributed by atoms with Crippen LogP contribution in [0.4, 0.5) is 10.7 Å². The van der Waals surface area contributed by atoms with Gasteiger partial charge in [0.2, 0.25) is 5.91 Å². The minimum Gasteiger partial charge on any atom is -0.465 e. The molecule has 190 valence electrons. The highest BCUT2D eigenvalue weighted by Crippen LogP contribution is 2.51. The number of hydrogen-bond acceptors (Lipinski definition) is 7. The number of hydrogen-bond donors (Lipinski definition) is 0. The van der Waals surface area contributed by atoms with Crippen LogP contribution in [0.15, 0.2) is 48.5 Å². The molecule has 2 saturated heterocycles. The summed E-state index contributed by atoms with van der Waals surface area (Å²) in [5.41, 5.74) is 2.48. The number of nitrogens with zero attached hydrogens (tertiary/aromatic N) is 2. The molecule has 7 nitrogen and oxygen atoms in total. The van der Waals surface area contributed by atoms with Crippen molar-refractivity contribution in [1.82, 2.24) is 0 Å². The van der Waals surface area contributed by atoms with E-state index >= 15 is 0 Å². The minimum atomic E-state index is -1.07. The van der Waals surface area contributed by atoms with Gasteiger partial charge in [0.05, 0.1) is 24.4 Å². The third kappa shape index (κ3) is 3.85. The number of rotatable bonds is 4. The van der Waals surface area contributed by atoms with Crippen molar-refractivity contribution >= 4 is 63.0 Å². The van der Waals surface area contributed by atoms with Crippen LogP contribution in [0.1, 0.15) is 45.2 Å². The number of ether oxygens (including phenoxy) is 1. The van der Waals surface area contributed by atoms with Gasteiger partial charge in [-0.2, -0.15) is 0 Å². The van der Waals surface area contributed by atoms with Crippen molar-refractivity contribution in [2.75, 3.05) is 17.1 Å². The monoisotopic (exact) mass is 556 g/mol. The van der Waals surface area contributed by atoms with E-state index in [1.54, 1.807) is 23.3 Å². The quantitative estimate of drug-likeness (QED) is 0.300. The molecular weight excluding hydrogens is 535 g/mol. The molecule has 2 fully saturated rings. The maximum atomic E-state index is 14.1. The summed E-state index contributed by atoms with van der Waals surface area (Å²) in [5, 5.41) is 2.72. The van der Waals surface area contributed by atoms with Gasteiger partial charge < -0.3 is 4.74 Å². The molecule has 3 atom stereocenters. The zero-order valence-corrected chi connectivity index (χ0v) is 22.1. The van der Waals surface area contributed by atoms with Crippen LogP contribution in [0.3, 0.4) is 0 Å². The van der Waals surface area contributed by atoms with Gasteiger partial charge >= 0.3 is 5.97 Å². The number of para-hydroxylation sites is 1. The van der Waals surface area contributed by atoms with Gasteiger partial charge in [-0.25, -0.2) is 14.8 Å². The highest BCUT2D eigenvalue weighted by Gasteiger charge is 2.61. The Morgan fingerprint density at radius 1 is 1.05 bits per heavy atom. The summed E-state index contributed by atoms with van der Waals surface area (Å²) in [5.74, 6) is -2.37. The standard InChI is InChI=1S/C27H22Cl2N2O5S/c1-35-27(34)20-17-9-5-6-10-19(17)37-26(20)30-24(32)21-22(16-12-11-14(28)13-18(16)29)31(36-23(21)25(30)33)15-7-3-2-4-8-15/h2-4,7-8,11-13,21-23H,5-6,9-10H2,1H3/t21-,22+,23-/m0/s1. The third-order valence-corrected chi connectivity index (χ3v) is 8.99. The summed E-state index contributed by atoms with van der Waals surface area (Å²) in [6.45, 7) is 0. The average Bonchev–Trinajstić information content (AvgIpc) is 3.54. The van der Waals surface area contributed by atoms with Crippen LogP contribution < -0.4 is 9.96 Å². The van der Waals surface area contributed by atoms with Crippen LogP contribution in [0.5, 0.6) is 0 Å². The van der Waals surface area contributed by atoms with Crippen LogP contribution in [-0.4, -0.2) is 31.0 Å².